The van der Waals surface area contributed by atoms with Crippen molar-refractivity contribution in [3.05, 3.63) is 34.3 Å². The summed E-state index contributed by atoms with van der Waals surface area (Å²) >= 11 is 3.32. The number of likely N-dealkylation sites (tertiary alicyclic amines) is 1. The summed E-state index contributed by atoms with van der Waals surface area (Å²) in [6.45, 7) is 4.06. The standard InChI is InChI=1S/C17H21BrN2O4/c1-10(2)14(16(22)20-9-5-8-13(20)17(23)24)19-15(21)11-6-3-4-7-12(11)18/h3-4,6-7,10,13-14H,5,8-9H2,1-2H3,(H,19,21)(H,23,24)/t13-,14-/m0/s1. The minimum Gasteiger partial charge on any atom is -0.480 e. The Morgan fingerprint density at radius 2 is 1.96 bits per heavy atom. The van der Waals surface area contributed by atoms with E-state index in [9.17, 15) is 19.5 Å². The van der Waals surface area contributed by atoms with E-state index < -0.39 is 18.1 Å². The van der Waals surface area contributed by atoms with Crippen molar-refractivity contribution in [3.8, 4) is 0 Å². The lowest BCUT2D eigenvalue weighted by Gasteiger charge is -2.29. The third-order valence-corrected chi connectivity index (χ3v) is 4.85. The molecule has 0 spiro atoms. The molecule has 2 atom stereocenters. The Labute approximate surface area is 149 Å². The topological polar surface area (TPSA) is 86.7 Å². The lowest BCUT2D eigenvalue weighted by atomic mass is 10.0. The number of hydrogen-bond donors (Lipinski definition) is 2. The van der Waals surface area contributed by atoms with Gasteiger partial charge in [-0.3, -0.25) is 9.59 Å². The van der Waals surface area contributed by atoms with E-state index in [1.54, 1.807) is 24.3 Å². The average Bonchev–Trinajstić information content (AvgIpc) is 3.01. The molecule has 0 aromatic heterocycles. The maximum atomic E-state index is 12.8. The predicted molar refractivity (Wildman–Crippen MR) is 92.6 cm³/mol. The van der Waals surface area contributed by atoms with E-state index in [4.69, 9.17) is 0 Å². The largest absolute Gasteiger partial charge is 0.480 e. The Balaban J connectivity index is 2.17. The van der Waals surface area contributed by atoms with Gasteiger partial charge in [0.1, 0.15) is 12.1 Å². The molecule has 1 aromatic rings. The van der Waals surface area contributed by atoms with Gasteiger partial charge in [-0.1, -0.05) is 26.0 Å². The molecule has 0 unspecified atom stereocenters. The summed E-state index contributed by atoms with van der Waals surface area (Å²) in [5.41, 5.74) is 0.437. The molecule has 7 heteroatoms. The van der Waals surface area contributed by atoms with Crippen molar-refractivity contribution in [2.45, 2.75) is 38.8 Å². The lowest BCUT2D eigenvalue weighted by molar-refractivity contribution is -0.149. The molecule has 24 heavy (non-hydrogen) atoms. The quantitative estimate of drug-likeness (QED) is 0.798. The van der Waals surface area contributed by atoms with E-state index in [1.807, 2.05) is 13.8 Å². The summed E-state index contributed by atoms with van der Waals surface area (Å²) < 4.78 is 0.641. The van der Waals surface area contributed by atoms with E-state index >= 15 is 0 Å². The van der Waals surface area contributed by atoms with E-state index in [0.717, 1.165) is 0 Å². The van der Waals surface area contributed by atoms with E-state index in [2.05, 4.69) is 21.2 Å². The minimum absolute atomic E-state index is 0.154. The highest BCUT2D eigenvalue weighted by Crippen LogP contribution is 2.21. The molecule has 2 N–H and O–H groups in total. The molecule has 6 nitrogen and oxygen atoms in total. The summed E-state index contributed by atoms with van der Waals surface area (Å²) in [5.74, 6) is -1.85. The number of rotatable bonds is 5. The van der Waals surface area contributed by atoms with E-state index in [0.29, 0.717) is 29.4 Å². The van der Waals surface area contributed by atoms with Crippen LogP contribution in [0.25, 0.3) is 0 Å². The molecule has 1 aliphatic rings. The van der Waals surface area contributed by atoms with Crippen molar-refractivity contribution in [2.75, 3.05) is 6.54 Å². The van der Waals surface area contributed by atoms with Gasteiger partial charge in [0.05, 0.1) is 5.56 Å². The number of carboxylic acid groups (broad SMARTS) is 1. The van der Waals surface area contributed by atoms with Gasteiger partial charge >= 0.3 is 5.97 Å². The Kier molecular flexibility index (Phi) is 5.99. The first-order valence-electron chi connectivity index (χ1n) is 7.91. The predicted octanol–water partition coefficient (Wildman–Crippen LogP) is 2.28. The average molecular weight is 397 g/mol. The van der Waals surface area contributed by atoms with Crippen molar-refractivity contribution < 1.29 is 19.5 Å². The second-order valence-corrected chi connectivity index (χ2v) is 7.06. The molecule has 2 amide bonds. The van der Waals surface area contributed by atoms with Gasteiger partial charge in [0.2, 0.25) is 5.91 Å². The fourth-order valence-corrected chi connectivity index (χ4v) is 3.31. The smallest absolute Gasteiger partial charge is 0.326 e. The third kappa shape index (κ3) is 3.95. The van der Waals surface area contributed by atoms with Gasteiger partial charge in [-0.2, -0.15) is 0 Å². The number of aliphatic carboxylic acids is 1. The summed E-state index contributed by atoms with van der Waals surface area (Å²) in [6.07, 6.45) is 1.11. The molecule has 0 bridgehead atoms. The van der Waals surface area contributed by atoms with Crippen LogP contribution in [0, 0.1) is 5.92 Å². The van der Waals surface area contributed by atoms with Crippen molar-refractivity contribution >= 4 is 33.7 Å². The molecule has 1 aromatic carbocycles. The molecular weight excluding hydrogens is 376 g/mol. The summed E-state index contributed by atoms with van der Waals surface area (Å²) in [5, 5.41) is 12.0. The Hall–Kier alpha value is -1.89. The zero-order chi connectivity index (χ0) is 17.9. The Morgan fingerprint density at radius 1 is 1.29 bits per heavy atom. The summed E-state index contributed by atoms with van der Waals surface area (Å²) in [7, 11) is 0. The third-order valence-electron chi connectivity index (χ3n) is 4.16. The molecule has 1 fully saturated rings. The Bertz CT molecular complexity index is 647. The molecule has 1 aliphatic heterocycles. The van der Waals surface area contributed by atoms with Gasteiger partial charge < -0.3 is 15.3 Å². The second-order valence-electron chi connectivity index (χ2n) is 6.20. The van der Waals surface area contributed by atoms with Gasteiger partial charge in [0, 0.05) is 11.0 Å². The molecule has 0 aliphatic carbocycles. The van der Waals surface area contributed by atoms with Crippen LogP contribution in [0.4, 0.5) is 0 Å². The first-order valence-corrected chi connectivity index (χ1v) is 8.71. The van der Waals surface area contributed by atoms with Crippen LogP contribution in [0.15, 0.2) is 28.7 Å². The van der Waals surface area contributed by atoms with Gasteiger partial charge in [-0.25, -0.2) is 4.79 Å². The molecular formula is C17H21BrN2O4. The highest BCUT2D eigenvalue weighted by Gasteiger charge is 2.38. The minimum atomic E-state index is -1.000. The van der Waals surface area contributed by atoms with Crippen molar-refractivity contribution in [1.29, 1.82) is 0 Å². The number of benzene rings is 1. The number of hydrogen-bond acceptors (Lipinski definition) is 3. The molecule has 1 heterocycles. The normalized spacial score (nSPS) is 18.5. The first-order chi connectivity index (χ1) is 11.3. The maximum absolute atomic E-state index is 12.8. The van der Waals surface area contributed by atoms with Crippen molar-refractivity contribution in [2.24, 2.45) is 5.92 Å². The molecule has 1 saturated heterocycles. The SMILES string of the molecule is CC(C)[C@H](NC(=O)c1ccccc1Br)C(=O)N1CCC[C@H]1C(=O)O. The van der Waals surface area contributed by atoms with Crippen LogP contribution in [-0.4, -0.2) is 46.4 Å². The second kappa shape index (κ2) is 7.79. The van der Waals surface area contributed by atoms with E-state index in [-0.39, 0.29) is 17.7 Å². The fourth-order valence-electron chi connectivity index (χ4n) is 2.84. The van der Waals surface area contributed by atoms with Crippen LogP contribution in [0.5, 0.6) is 0 Å². The molecule has 0 radical (unpaired) electrons. The highest BCUT2D eigenvalue weighted by atomic mass is 79.9. The van der Waals surface area contributed by atoms with Crippen LogP contribution in [-0.2, 0) is 9.59 Å². The van der Waals surface area contributed by atoms with E-state index in [1.165, 1.54) is 4.90 Å². The number of carbonyl (C=O) groups excluding carboxylic acids is 2. The van der Waals surface area contributed by atoms with Crippen LogP contribution in [0.3, 0.4) is 0 Å². The maximum Gasteiger partial charge on any atom is 0.326 e. The van der Waals surface area contributed by atoms with Crippen molar-refractivity contribution in [1.82, 2.24) is 10.2 Å². The summed E-state index contributed by atoms with van der Waals surface area (Å²) in [6, 6.07) is 5.39. The van der Waals surface area contributed by atoms with Crippen molar-refractivity contribution in [3.63, 3.8) is 0 Å². The zero-order valence-electron chi connectivity index (χ0n) is 13.7. The van der Waals surface area contributed by atoms with Gasteiger partial charge in [-0.05, 0) is 46.8 Å². The van der Waals surface area contributed by atoms with Gasteiger partial charge in [0.15, 0.2) is 0 Å². The first kappa shape index (κ1) is 18.4. The van der Waals surface area contributed by atoms with Crippen LogP contribution < -0.4 is 5.32 Å². The number of nitrogens with zero attached hydrogens (tertiary/aromatic N) is 1. The van der Waals surface area contributed by atoms with Gasteiger partial charge in [-0.15, -0.1) is 0 Å². The van der Waals surface area contributed by atoms with Crippen LogP contribution >= 0.6 is 15.9 Å². The molecule has 130 valence electrons. The fraction of sp³-hybridized carbons (Fsp3) is 0.471. The highest BCUT2D eigenvalue weighted by molar-refractivity contribution is 9.10. The zero-order valence-corrected chi connectivity index (χ0v) is 15.2. The van der Waals surface area contributed by atoms with Crippen LogP contribution in [0.2, 0.25) is 0 Å². The Morgan fingerprint density at radius 3 is 2.54 bits per heavy atom. The molecule has 2 rings (SSSR count). The monoisotopic (exact) mass is 396 g/mol. The van der Waals surface area contributed by atoms with Gasteiger partial charge in [0.25, 0.3) is 5.91 Å². The number of carbonyl (C=O) groups is 3. The van der Waals surface area contributed by atoms with Crippen LogP contribution in [0.1, 0.15) is 37.0 Å². The lowest BCUT2D eigenvalue weighted by Crippen LogP contribution is -2.53. The number of carboxylic acids is 1. The number of halogens is 1. The number of nitrogens with one attached hydrogen (secondary N) is 1. The number of amides is 2. The molecule has 0 saturated carbocycles. The summed E-state index contributed by atoms with van der Waals surface area (Å²) in [4.78, 5) is 38.0.